The normalized spacial score (nSPS) is 21.1. The van der Waals surface area contributed by atoms with Crippen molar-refractivity contribution in [3.8, 4) is 0 Å². The predicted octanol–water partition coefficient (Wildman–Crippen LogP) is 1.58. The van der Waals surface area contributed by atoms with Gasteiger partial charge in [-0.3, -0.25) is 4.90 Å². The second-order valence-electron chi connectivity index (χ2n) is 6.19. The minimum atomic E-state index is -3.08. The molecule has 0 unspecified atom stereocenters. The lowest BCUT2D eigenvalue weighted by Gasteiger charge is -2.33. The van der Waals surface area contributed by atoms with Gasteiger partial charge < -0.3 is 4.52 Å². The van der Waals surface area contributed by atoms with E-state index in [1.54, 1.807) is 10.4 Å². The summed E-state index contributed by atoms with van der Waals surface area (Å²) in [5.74, 6) is -0.348. The molecule has 1 aromatic carbocycles. The summed E-state index contributed by atoms with van der Waals surface area (Å²) in [6, 6.07) is 4.39. The number of hydrogen-bond donors (Lipinski definition) is 0. The Bertz CT molecular complexity index is 824. The molecule has 1 aliphatic heterocycles. The third-order valence-electron chi connectivity index (χ3n) is 4.52. The van der Waals surface area contributed by atoms with Crippen LogP contribution in [0.4, 0.5) is 4.39 Å². The van der Waals surface area contributed by atoms with Crippen molar-refractivity contribution in [1.29, 1.82) is 0 Å². The molecule has 2 aliphatic rings. The highest BCUT2D eigenvalue weighted by molar-refractivity contribution is 7.90. The maximum absolute atomic E-state index is 13.2. The molecular weight excluding hydrogens is 321 g/mol. The number of aromatic nitrogens is 1. The molecule has 0 atom stereocenters. The standard InChI is InChI=1S/C15H18FN3O3S/c16-11-1-4-13-14(17-22-15(13)9-11)10-18-5-7-19(8-6-18)23(20,21)12-2-3-12/h1,4,9,12H,2-3,5-8,10H2. The molecule has 0 spiro atoms. The fourth-order valence-electron chi connectivity index (χ4n) is 3.01. The van der Waals surface area contributed by atoms with Gasteiger partial charge >= 0.3 is 0 Å². The highest BCUT2D eigenvalue weighted by Crippen LogP contribution is 2.31. The minimum Gasteiger partial charge on any atom is -0.356 e. The van der Waals surface area contributed by atoms with Crippen LogP contribution in [-0.2, 0) is 16.6 Å². The summed E-state index contributed by atoms with van der Waals surface area (Å²) in [5, 5.41) is 4.68. The first-order chi connectivity index (χ1) is 11.0. The van der Waals surface area contributed by atoms with Crippen LogP contribution >= 0.6 is 0 Å². The third kappa shape index (κ3) is 2.86. The van der Waals surface area contributed by atoms with Gasteiger partial charge in [-0.1, -0.05) is 5.16 Å². The average Bonchev–Trinajstić information content (AvgIpc) is 3.32. The number of hydrogen-bond acceptors (Lipinski definition) is 5. The maximum Gasteiger partial charge on any atom is 0.217 e. The maximum atomic E-state index is 13.2. The molecule has 0 bridgehead atoms. The molecule has 2 heterocycles. The number of rotatable bonds is 4. The topological polar surface area (TPSA) is 66.7 Å². The number of nitrogens with zero attached hydrogens (tertiary/aromatic N) is 3. The summed E-state index contributed by atoms with van der Waals surface area (Å²) < 4.78 is 44.4. The Morgan fingerprint density at radius 2 is 1.96 bits per heavy atom. The molecule has 4 rings (SSSR count). The fourth-order valence-corrected chi connectivity index (χ4v) is 4.83. The number of fused-ring (bicyclic) bond motifs is 1. The fraction of sp³-hybridized carbons (Fsp3) is 0.533. The monoisotopic (exact) mass is 339 g/mol. The summed E-state index contributed by atoms with van der Waals surface area (Å²) in [7, 11) is -3.08. The summed E-state index contributed by atoms with van der Waals surface area (Å²) in [4.78, 5) is 2.15. The first-order valence-corrected chi connectivity index (χ1v) is 9.29. The van der Waals surface area contributed by atoms with E-state index >= 15 is 0 Å². The van der Waals surface area contributed by atoms with Crippen LogP contribution in [0.25, 0.3) is 11.0 Å². The molecule has 0 amide bonds. The Hall–Kier alpha value is -1.51. The third-order valence-corrected chi connectivity index (χ3v) is 6.92. The molecule has 23 heavy (non-hydrogen) atoms. The van der Waals surface area contributed by atoms with Crippen molar-refractivity contribution in [2.75, 3.05) is 26.2 Å². The minimum absolute atomic E-state index is 0.150. The molecule has 2 fully saturated rings. The molecule has 8 heteroatoms. The lowest BCUT2D eigenvalue weighted by Crippen LogP contribution is -2.49. The number of sulfonamides is 1. The molecule has 1 saturated carbocycles. The van der Waals surface area contributed by atoms with E-state index in [-0.39, 0.29) is 11.1 Å². The number of halogens is 1. The van der Waals surface area contributed by atoms with E-state index in [0.717, 1.165) is 23.9 Å². The van der Waals surface area contributed by atoms with Crippen molar-refractivity contribution in [3.05, 3.63) is 29.7 Å². The van der Waals surface area contributed by atoms with Crippen LogP contribution < -0.4 is 0 Å². The van der Waals surface area contributed by atoms with Crippen LogP contribution in [0, 0.1) is 5.82 Å². The van der Waals surface area contributed by atoms with E-state index in [4.69, 9.17) is 4.52 Å². The van der Waals surface area contributed by atoms with Crippen LogP contribution in [0.15, 0.2) is 22.7 Å². The molecule has 2 aromatic rings. The Balaban J connectivity index is 1.42. The Kier molecular flexibility index (Phi) is 3.62. The van der Waals surface area contributed by atoms with E-state index < -0.39 is 10.0 Å². The van der Waals surface area contributed by atoms with Crippen LogP contribution in [0.2, 0.25) is 0 Å². The van der Waals surface area contributed by atoms with Crippen molar-refractivity contribution in [2.24, 2.45) is 0 Å². The summed E-state index contributed by atoms with van der Waals surface area (Å²) in [5.41, 5.74) is 1.20. The lowest BCUT2D eigenvalue weighted by molar-refractivity contribution is 0.178. The van der Waals surface area contributed by atoms with Crippen LogP contribution in [0.5, 0.6) is 0 Å². The summed E-state index contributed by atoms with van der Waals surface area (Å²) >= 11 is 0. The van der Waals surface area contributed by atoms with E-state index in [2.05, 4.69) is 10.1 Å². The average molecular weight is 339 g/mol. The quantitative estimate of drug-likeness (QED) is 0.846. The molecule has 124 valence electrons. The smallest absolute Gasteiger partial charge is 0.217 e. The zero-order valence-corrected chi connectivity index (χ0v) is 13.4. The van der Waals surface area contributed by atoms with Crippen LogP contribution in [0.3, 0.4) is 0 Å². The highest BCUT2D eigenvalue weighted by atomic mass is 32.2. The lowest BCUT2D eigenvalue weighted by atomic mass is 10.2. The number of benzene rings is 1. The SMILES string of the molecule is O=S(=O)(C1CC1)N1CCN(Cc2noc3cc(F)ccc23)CC1. The number of piperazine rings is 1. The van der Waals surface area contributed by atoms with Crippen molar-refractivity contribution in [1.82, 2.24) is 14.4 Å². The molecule has 0 N–H and O–H groups in total. The Morgan fingerprint density at radius 3 is 2.65 bits per heavy atom. The van der Waals surface area contributed by atoms with Crippen molar-refractivity contribution >= 4 is 21.0 Å². The largest absolute Gasteiger partial charge is 0.356 e. The highest BCUT2D eigenvalue weighted by Gasteiger charge is 2.40. The Labute approximate surface area is 133 Å². The van der Waals surface area contributed by atoms with E-state index in [0.29, 0.717) is 38.3 Å². The van der Waals surface area contributed by atoms with Gasteiger partial charge in [0.1, 0.15) is 11.5 Å². The van der Waals surface area contributed by atoms with Gasteiger partial charge in [0.15, 0.2) is 5.58 Å². The summed E-state index contributed by atoms with van der Waals surface area (Å²) in [6.07, 6.45) is 1.59. The zero-order valence-electron chi connectivity index (χ0n) is 12.6. The Morgan fingerprint density at radius 1 is 1.22 bits per heavy atom. The van der Waals surface area contributed by atoms with Crippen LogP contribution in [-0.4, -0.2) is 54.2 Å². The summed E-state index contributed by atoms with van der Waals surface area (Å²) in [6.45, 7) is 2.95. The van der Waals surface area contributed by atoms with Gasteiger partial charge in [-0.25, -0.2) is 12.8 Å². The van der Waals surface area contributed by atoms with Gasteiger partial charge in [-0.05, 0) is 25.0 Å². The molecule has 0 radical (unpaired) electrons. The van der Waals surface area contributed by atoms with Crippen molar-refractivity contribution in [2.45, 2.75) is 24.6 Å². The van der Waals surface area contributed by atoms with Gasteiger partial charge in [0.2, 0.25) is 10.0 Å². The van der Waals surface area contributed by atoms with Gasteiger partial charge in [-0.15, -0.1) is 0 Å². The zero-order chi connectivity index (χ0) is 16.0. The van der Waals surface area contributed by atoms with Crippen molar-refractivity contribution < 1.29 is 17.3 Å². The molecule has 1 aromatic heterocycles. The molecule has 6 nitrogen and oxygen atoms in total. The molecular formula is C15H18FN3O3S. The van der Waals surface area contributed by atoms with E-state index in [9.17, 15) is 12.8 Å². The predicted molar refractivity (Wildman–Crippen MR) is 82.8 cm³/mol. The van der Waals surface area contributed by atoms with E-state index in [1.165, 1.54) is 12.1 Å². The first kappa shape index (κ1) is 15.0. The van der Waals surface area contributed by atoms with Crippen molar-refractivity contribution in [3.63, 3.8) is 0 Å². The van der Waals surface area contributed by atoms with Crippen LogP contribution in [0.1, 0.15) is 18.5 Å². The van der Waals surface area contributed by atoms with Gasteiger partial charge in [0.05, 0.1) is 5.25 Å². The second-order valence-corrected chi connectivity index (χ2v) is 8.40. The van der Waals surface area contributed by atoms with Gasteiger partial charge in [-0.2, -0.15) is 4.31 Å². The van der Waals surface area contributed by atoms with E-state index in [1.807, 2.05) is 0 Å². The molecule has 1 aliphatic carbocycles. The van der Waals surface area contributed by atoms with Gasteiger partial charge in [0.25, 0.3) is 0 Å². The second kappa shape index (κ2) is 5.54. The molecule has 1 saturated heterocycles. The van der Waals surface area contributed by atoms with Gasteiger partial charge in [0, 0.05) is 44.2 Å². The first-order valence-electron chi connectivity index (χ1n) is 7.79.